The average molecular weight is 237 g/mol. The Balaban J connectivity index is 3.18. The molecule has 1 amide bonds. The molecule has 92 valence electrons. The van der Waals surface area contributed by atoms with E-state index in [2.05, 4.69) is 4.98 Å². The van der Waals surface area contributed by atoms with Crippen LogP contribution in [0.5, 0.6) is 0 Å². The Kier molecular flexibility index (Phi) is 4.03. The molecule has 6 nitrogen and oxygen atoms in total. The summed E-state index contributed by atoms with van der Waals surface area (Å²) in [6, 6.07) is 1.35. The van der Waals surface area contributed by atoms with Crippen molar-refractivity contribution in [1.82, 2.24) is 4.98 Å². The van der Waals surface area contributed by atoms with Gasteiger partial charge in [-0.25, -0.2) is 4.79 Å². The van der Waals surface area contributed by atoms with Gasteiger partial charge in [-0.1, -0.05) is 0 Å². The Hall–Kier alpha value is -2.11. The van der Waals surface area contributed by atoms with Crippen LogP contribution >= 0.6 is 0 Å². The van der Waals surface area contributed by atoms with Crippen molar-refractivity contribution in [3.05, 3.63) is 24.0 Å². The van der Waals surface area contributed by atoms with Crippen LogP contribution in [-0.2, 0) is 4.79 Å². The molecule has 0 aromatic carbocycles. The zero-order valence-corrected chi connectivity index (χ0v) is 9.75. The molecule has 0 spiro atoms. The molecule has 0 fully saturated rings. The van der Waals surface area contributed by atoms with E-state index < -0.39 is 11.9 Å². The molecule has 6 heteroatoms. The van der Waals surface area contributed by atoms with Gasteiger partial charge in [0.2, 0.25) is 5.91 Å². The lowest BCUT2D eigenvalue weighted by Gasteiger charge is -2.28. The number of aromatic nitrogens is 1. The van der Waals surface area contributed by atoms with E-state index in [4.69, 9.17) is 10.8 Å². The number of primary amides is 1. The molecule has 1 aromatic heterocycles. The Morgan fingerprint density at radius 3 is 2.65 bits per heavy atom. The normalized spacial score (nSPS) is 10.3. The molecule has 0 saturated heterocycles. The Bertz CT molecular complexity index is 432. The summed E-state index contributed by atoms with van der Waals surface area (Å²) in [6.07, 6.45) is 2.82. The molecule has 0 aliphatic carbocycles. The van der Waals surface area contributed by atoms with Crippen LogP contribution in [0.3, 0.4) is 0 Å². The van der Waals surface area contributed by atoms with Crippen LogP contribution in [0.15, 0.2) is 18.5 Å². The van der Waals surface area contributed by atoms with Gasteiger partial charge in [0.05, 0.1) is 24.0 Å². The molecule has 0 unspecified atom stereocenters. The van der Waals surface area contributed by atoms with E-state index in [-0.39, 0.29) is 18.2 Å². The minimum atomic E-state index is -1.06. The Labute approximate surface area is 99.1 Å². The van der Waals surface area contributed by atoms with Gasteiger partial charge >= 0.3 is 5.97 Å². The number of carbonyl (C=O) groups is 2. The SMILES string of the molecule is CC(C)N(CC(N)=O)c1cnccc1C(=O)O. The number of nitrogens with two attached hydrogens (primary N) is 1. The van der Waals surface area contributed by atoms with E-state index in [0.717, 1.165) is 0 Å². The maximum Gasteiger partial charge on any atom is 0.337 e. The summed E-state index contributed by atoms with van der Waals surface area (Å²) in [4.78, 5) is 27.5. The highest BCUT2D eigenvalue weighted by molar-refractivity contribution is 5.95. The van der Waals surface area contributed by atoms with E-state index in [1.54, 1.807) is 4.90 Å². The van der Waals surface area contributed by atoms with Crippen LogP contribution < -0.4 is 10.6 Å². The first kappa shape index (κ1) is 13.0. The molecule has 0 aliphatic rings. The molecule has 3 N–H and O–H groups in total. The first-order chi connectivity index (χ1) is 7.93. The summed E-state index contributed by atoms with van der Waals surface area (Å²) >= 11 is 0. The largest absolute Gasteiger partial charge is 0.478 e. The zero-order valence-electron chi connectivity index (χ0n) is 9.75. The summed E-state index contributed by atoms with van der Waals surface area (Å²) < 4.78 is 0. The molecule has 1 aromatic rings. The highest BCUT2D eigenvalue weighted by Gasteiger charge is 2.19. The van der Waals surface area contributed by atoms with Crippen molar-refractivity contribution in [1.29, 1.82) is 0 Å². The van der Waals surface area contributed by atoms with E-state index in [1.165, 1.54) is 18.5 Å². The lowest BCUT2D eigenvalue weighted by Crippen LogP contribution is -2.39. The molecule has 0 saturated carbocycles. The second kappa shape index (κ2) is 5.29. The predicted octanol–water partition coefficient (Wildman–Crippen LogP) is 0.480. The third kappa shape index (κ3) is 3.17. The lowest BCUT2D eigenvalue weighted by molar-refractivity contribution is -0.116. The number of pyridine rings is 1. The minimum Gasteiger partial charge on any atom is -0.478 e. The van der Waals surface area contributed by atoms with Gasteiger partial charge in [0.1, 0.15) is 0 Å². The average Bonchev–Trinajstić information content (AvgIpc) is 2.25. The van der Waals surface area contributed by atoms with Gasteiger partial charge in [-0.2, -0.15) is 0 Å². The zero-order chi connectivity index (χ0) is 13.0. The van der Waals surface area contributed by atoms with Crippen LogP contribution in [0.4, 0.5) is 5.69 Å². The van der Waals surface area contributed by atoms with Crippen LogP contribution in [0, 0.1) is 0 Å². The molecule has 1 rings (SSSR count). The fourth-order valence-corrected chi connectivity index (χ4v) is 1.51. The molecule has 17 heavy (non-hydrogen) atoms. The van der Waals surface area contributed by atoms with Crippen LogP contribution in [0.1, 0.15) is 24.2 Å². The van der Waals surface area contributed by atoms with E-state index >= 15 is 0 Å². The predicted molar refractivity (Wildman–Crippen MR) is 62.9 cm³/mol. The van der Waals surface area contributed by atoms with Gasteiger partial charge in [-0.15, -0.1) is 0 Å². The van der Waals surface area contributed by atoms with Crippen LogP contribution in [0.25, 0.3) is 0 Å². The summed E-state index contributed by atoms with van der Waals surface area (Å²) in [6.45, 7) is 3.66. The van der Waals surface area contributed by atoms with Gasteiger partial charge in [-0.3, -0.25) is 9.78 Å². The number of carboxylic acid groups (broad SMARTS) is 1. The first-order valence-electron chi connectivity index (χ1n) is 5.15. The second-order valence-corrected chi connectivity index (χ2v) is 3.89. The maximum absolute atomic E-state index is 11.1. The molecular weight excluding hydrogens is 222 g/mol. The lowest BCUT2D eigenvalue weighted by atomic mass is 10.1. The van der Waals surface area contributed by atoms with E-state index in [9.17, 15) is 9.59 Å². The van der Waals surface area contributed by atoms with Gasteiger partial charge in [0.15, 0.2) is 0 Å². The van der Waals surface area contributed by atoms with E-state index in [1.807, 2.05) is 13.8 Å². The number of rotatable bonds is 5. The van der Waals surface area contributed by atoms with Crippen LogP contribution in [0.2, 0.25) is 0 Å². The van der Waals surface area contributed by atoms with Crippen molar-refractivity contribution < 1.29 is 14.7 Å². The molecule has 1 heterocycles. The number of hydrogen-bond acceptors (Lipinski definition) is 4. The maximum atomic E-state index is 11.1. The number of carboxylic acids is 1. The van der Waals surface area contributed by atoms with Gasteiger partial charge in [0.25, 0.3) is 0 Å². The fraction of sp³-hybridized carbons (Fsp3) is 0.364. The summed E-state index contributed by atoms with van der Waals surface area (Å²) in [5, 5.41) is 9.06. The highest BCUT2D eigenvalue weighted by Crippen LogP contribution is 2.21. The topological polar surface area (TPSA) is 96.5 Å². The van der Waals surface area contributed by atoms with Crippen LogP contribution in [-0.4, -0.2) is 34.6 Å². The molecule has 0 bridgehead atoms. The third-order valence-corrected chi connectivity index (χ3v) is 2.29. The van der Waals surface area contributed by atoms with Gasteiger partial charge < -0.3 is 15.7 Å². The molecule has 0 atom stereocenters. The van der Waals surface area contributed by atoms with Gasteiger partial charge in [-0.05, 0) is 19.9 Å². The fourth-order valence-electron chi connectivity index (χ4n) is 1.51. The van der Waals surface area contributed by atoms with Crippen molar-refractivity contribution in [2.45, 2.75) is 19.9 Å². The summed E-state index contributed by atoms with van der Waals surface area (Å²) in [7, 11) is 0. The van der Waals surface area contributed by atoms with Crippen molar-refractivity contribution in [2.24, 2.45) is 5.73 Å². The summed E-state index contributed by atoms with van der Waals surface area (Å²) in [5.41, 5.74) is 5.65. The second-order valence-electron chi connectivity index (χ2n) is 3.89. The molecule has 0 radical (unpaired) electrons. The van der Waals surface area contributed by atoms with Crippen molar-refractivity contribution in [3.63, 3.8) is 0 Å². The number of nitrogens with zero attached hydrogens (tertiary/aromatic N) is 2. The monoisotopic (exact) mass is 237 g/mol. The van der Waals surface area contributed by atoms with Gasteiger partial charge in [0, 0.05) is 12.2 Å². The smallest absolute Gasteiger partial charge is 0.337 e. The standard InChI is InChI=1S/C11H15N3O3/c1-7(2)14(6-10(12)15)9-5-13-4-3-8(9)11(16)17/h3-5,7H,6H2,1-2H3,(H2,12,15)(H,16,17). The number of amides is 1. The minimum absolute atomic E-state index is 0.0381. The Morgan fingerprint density at radius 2 is 2.18 bits per heavy atom. The highest BCUT2D eigenvalue weighted by atomic mass is 16.4. The number of anilines is 1. The number of hydrogen-bond donors (Lipinski definition) is 2. The van der Waals surface area contributed by atoms with E-state index in [0.29, 0.717) is 5.69 Å². The summed E-state index contributed by atoms with van der Waals surface area (Å²) in [5.74, 6) is -1.57. The first-order valence-corrected chi connectivity index (χ1v) is 5.15. The molecular formula is C11H15N3O3. The molecule has 0 aliphatic heterocycles. The van der Waals surface area contributed by atoms with Crippen molar-refractivity contribution in [2.75, 3.05) is 11.4 Å². The number of aromatic carboxylic acids is 1. The number of carbonyl (C=O) groups excluding carboxylic acids is 1. The third-order valence-electron chi connectivity index (χ3n) is 2.29. The quantitative estimate of drug-likeness (QED) is 0.776. The van der Waals surface area contributed by atoms with Crippen molar-refractivity contribution in [3.8, 4) is 0 Å². The Morgan fingerprint density at radius 1 is 1.53 bits per heavy atom. The van der Waals surface area contributed by atoms with Crippen molar-refractivity contribution >= 4 is 17.6 Å².